The molecule has 0 amide bonds. The van der Waals surface area contributed by atoms with E-state index in [1.807, 2.05) is 31.2 Å². The van der Waals surface area contributed by atoms with Gasteiger partial charge in [-0.15, -0.1) is 0 Å². The minimum Gasteiger partial charge on any atom is -0.481 e. The van der Waals surface area contributed by atoms with Crippen molar-refractivity contribution in [2.75, 3.05) is 0 Å². The van der Waals surface area contributed by atoms with Gasteiger partial charge in [0.25, 0.3) is 0 Å². The van der Waals surface area contributed by atoms with E-state index in [1.54, 1.807) is 24.3 Å². The molecule has 0 bridgehead atoms. The summed E-state index contributed by atoms with van der Waals surface area (Å²) < 4.78 is 2.69. The normalized spacial score (nSPS) is 10.9. The fraction of sp³-hybridized carbons (Fsp3) is 0.211. The Labute approximate surface area is 143 Å². The van der Waals surface area contributed by atoms with Crippen LogP contribution in [0.3, 0.4) is 0 Å². The third-order valence-electron chi connectivity index (χ3n) is 4.15. The number of rotatable bonds is 5. The minimum atomic E-state index is -1.01. The molecule has 0 saturated heterocycles. The van der Waals surface area contributed by atoms with E-state index in [1.165, 1.54) is 9.13 Å². The molecule has 25 heavy (non-hydrogen) atoms. The van der Waals surface area contributed by atoms with E-state index < -0.39 is 17.1 Å². The molecule has 0 radical (unpaired) electrons. The molecule has 2 aromatic carbocycles. The van der Waals surface area contributed by atoms with Crippen molar-refractivity contribution in [3.05, 3.63) is 80.4 Å². The molecule has 6 heteroatoms. The van der Waals surface area contributed by atoms with Crippen LogP contribution in [-0.4, -0.2) is 20.2 Å². The minimum absolute atomic E-state index is 0.0324. The van der Waals surface area contributed by atoms with Gasteiger partial charge in [-0.25, -0.2) is 0 Å². The summed E-state index contributed by atoms with van der Waals surface area (Å²) in [6, 6.07) is 14.8. The van der Waals surface area contributed by atoms with Crippen molar-refractivity contribution in [1.29, 1.82) is 0 Å². The summed E-state index contributed by atoms with van der Waals surface area (Å²) in [5, 5.41) is 8.88. The first-order chi connectivity index (χ1) is 12.0. The fourth-order valence-corrected chi connectivity index (χ4v) is 2.83. The summed E-state index contributed by atoms with van der Waals surface area (Å²) in [6.07, 6.45) is -0.217. The van der Waals surface area contributed by atoms with Crippen LogP contribution in [0.25, 0.3) is 11.0 Å². The molecule has 0 unspecified atom stereocenters. The topological polar surface area (TPSA) is 81.3 Å². The number of aromatic nitrogens is 2. The Morgan fingerprint density at radius 3 is 2.08 bits per heavy atom. The molecule has 1 heterocycles. The quantitative estimate of drug-likeness (QED) is 0.722. The van der Waals surface area contributed by atoms with Gasteiger partial charge in [-0.3, -0.25) is 19.0 Å². The number of aliphatic carboxylic acids is 1. The van der Waals surface area contributed by atoms with Crippen molar-refractivity contribution in [2.24, 2.45) is 0 Å². The molecular formula is C19H18N2O4. The smallest absolute Gasteiger partial charge is 0.317 e. The van der Waals surface area contributed by atoms with Crippen LogP contribution in [0.5, 0.6) is 0 Å². The molecule has 0 saturated carbocycles. The van der Waals surface area contributed by atoms with Gasteiger partial charge in [-0.1, -0.05) is 42.0 Å². The lowest BCUT2D eigenvalue weighted by atomic mass is 10.1. The highest BCUT2D eigenvalue weighted by Crippen LogP contribution is 2.13. The van der Waals surface area contributed by atoms with Gasteiger partial charge in [-0.2, -0.15) is 0 Å². The maximum Gasteiger partial charge on any atom is 0.317 e. The predicted molar refractivity (Wildman–Crippen MR) is 95.0 cm³/mol. The number of carboxylic acids is 1. The van der Waals surface area contributed by atoms with E-state index in [2.05, 4.69) is 0 Å². The summed E-state index contributed by atoms with van der Waals surface area (Å²) in [6.45, 7) is 2.24. The van der Waals surface area contributed by atoms with Gasteiger partial charge in [0.15, 0.2) is 0 Å². The fourth-order valence-electron chi connectivity index (χ4n) is 2.83. The van der Waals surface area contributed by atoms with E-state index >= 15 is 0 Å². The van der Waals surface area contributed by atoms with Crippen molar-refractivity contribution in [3.8, 4) is 0 Å². The molecule has 0 aliphatic carbocycles. The van der Waals surface area contributed by atoms with Gasteiger partial charge in [0, 0.05) is 6.54 Å². The molecule has 3 aromatic rings. The van der Waals surface area contributed by atoms with Crippen molar-refractivity contribution in [2.45, 2.75) is 26.4 Å². The van der Waals surface area contributed by atoms with E-state index in [-0.39, 0.29) is 19.5 Å². The van der Waals surface area contributed by atoms with Gasteiger partial charge >= 0.3 is 17.1 Å². The Bertz CT molecular complexity index is 1050. The lowest BCUT2D eigenvalue weighted by molar-refractivity contribution is -0.137. The van der Waals surface area contributed by atoms with Gasteiger partial charge < -0.3 is 9.67 Å². The number of fused-ring (bicyclic) bond motifs is 1. The maximum absolute atomic E-state index is 12.6. The largest absolute Gasteiger partial charge is 0.481 e. The Morgan fingerprint density at radius 2 is 1.48 bits per heavy atom. The number of nitrogens with zero attached hydrogens (tertiary/aromatic N) is 2. The molecule has 1 N–H and O–H groups in total. The number of hydrogen-bond acceptors (Lipinski definition) is 3. The SMILES string of the molecule is Cc1ccc(Cn2c(=O)c(=O)n(CCC(=O)O)c3ccccc32)cc1. The third-order valence-corrected chi connectivity index (χ3v) is 4.15. The zero-order valence-electron chi connectivity index (χ0n) is 13.8. The molecular weight excluding hydrogens is 320 g/mol. The summed E-state index contributed by atoms with van der Waals surface area (Å²) in [5.41, 5.74) is 1.85. The summed E-state index contributed by atoms with van der Waals surface area (Å²) in [7, 11) is 0. The van der Waals surface area contributed by atoms with E-state index in [9.17, 15) is 14.4 Å². The van der Waals surface area contributed by atoms with Crippen molar-refractivity contribution in [3.63, 3.8) is 0 Å². The Kier molecular flexibility index (Phi) is 4.52. The van der Waals surface area contributed by atoms with Crippen molar-refractivity contribution in [1.82, 2.24) is 9.13 Å². The Balaban J connectivity index is 2.16. The Morgan fingerprint density at radius 1 is 0.920 bits per heavy atom. The van der Waals surface area contributed by atoms with Crippen LogP contribution in [0.15, 0.2) is 58.1 Å². The van der Waals surface area contributed by atoms with Crippen LogP contribution in [-0.2, 0) is 17.9 Å². The zero-order valence-corrected chi connectivity index (χ0v) is 13.8. The summed E-state index contributed by atoms with van der Waals surface area (Å²) in [5.74, 6) is -1.01. The van der Waals surface area contributed by atoms with Crippen molar-refractivity contribution >= 4 is 17.0 Å². The zero-order chi connectivity index (χ0) is 18.0. The molecule has 128 valence electrons. The number of carboxylic acid groups (broad SMARTS) is 1. The molecule has 0 aliphatic heterocycles. The van der Waals surface area contributed by atoms with Crippen LogP contribution in [0.4, 0.5) is 0 Å². The first-order valence-electron chi connectivity index (χ1n) is 7.97. The molecule has 0 atom stereocenters. The standard InChI is InChI=1S/C19H18N2O4/c1-13-6-8-14(9-7-13)12-21-16-5-3-2-4-15(16)20(11-10-17(22)23)18(24)19(21)25/h2-9H,10-12H2,1H3,(H,22,23). The highest BCUT2D eigenvalue weighted by molar-refractivity contribution is 5.75. The maximum atomic E-state index is 12.6. The first kappa shape index (κ1) is 16.7. The van der Waals surface area contributed by atoms with Crippen LogP contribution < -0.4 is 11.1 Å². The van der Waals surface area contributed by atoms with Gasteiger partial charge in [-0.05, 0) is 24.6 Å². The number of benzene rings is 2. The van der Waals surface area contributed by atoms with Gasteiger partial charge in [0.05, 0.1) is 24.0 Å². The highest BCUT2D eigenvalue weighted by Gasteiger charge is 2.14. The Hall–Kier alpha value is -3.15. The van der Waals surface area contributed by atoms with Crippen LogP contribution >= 0.6 is 0 Å². The lowest BCUT2D eigenvalue weighted by Crippen LogP contribution is -2.42. The molecule has 0 aliphatic rings. The summed E-state index contributed by atoms with van der Waals surface area (Å²) in [4.78, 5) is 35.9. The predicted octanol–water partition coefficient (Wildman–Crippen LogP) is 1.99. The molecule has 0 spiro atoms. The third kappa shape index (κ3) is 3.38. The van der Waals surface area contributed by atoms with Crippen molar-refractivity contribution < 1.29 is 9.90 Å². The number of hydrogen-bond donors (Lipinski definition) is 1. The van der Waals surface area contributed by atoms with E-state index in [0.717, 1.165) is 11.1 Å². The van der Waals surface area contributed by atoms with Crippen LogP contribution in [0.1, 0.15) is 17.5 Å². The lowest BCUT2D eigenvalue weighted by Gasteiger charge is -2.14. The number of carbonyl (C=O) groups is 1. The van der Waals surface area contributed by atoms with E-state index in [0.29, 0.717) is 11.0 Å². The van der Waals surface area contributed by atoms with Gasteiger partial charge in [0.2, 0.25) is 0 Å². The average Bonchev–Trinajstić information content (AvgIpc) is 2.60. The number of aryl methyl sites for hydroxylation is 2. The first-order valence-corrected chi connectivity index (χ1v) is 7.97. The second kappa shape index (κ2) is 6.76. The summed E-state index contributed by atoms with van der Waals surface area (Å²) >= 11 is 0. The monoisotopic (exact) mass is 338 g/mol. The van der Waals surface area contributed by atoms with Crippen LogP contribution in [0.2, 0.25) is 0 Å². The van der Waals surface area contributed by atoms with E-state index in [4.69, 9.17) is 5.11 Å². The molecule has 6 nitrogen and oxygen atoms in total. The number of para-hydroxylation sites is 2. The second-order valence-electron chi connectivity index (χ2n) is 5.97. The highest BCUT2D eigenvalue weighted by atomic mass is 16.4. The second-order valence-corrected chi connectivity index (χ2v) is 5.97. The van der Waals surface area contributed by atoms with Crippen LogP contribution in [0, 0.1) is 6.92 Å². The van der Waals surface area contributed by atoms with Gasteiger partial charge in [0.1, 0.15) is 0 Å². The molecule has 3 rings (SSSR count). The molecule has 1 aromatic heterocycles. The molecule has 0 fully saturated rings. The average molecular weight is 338 g/mol.